The summed E-state index contributed by atoms with van der Waals surface area (Å²) in [6.45, 7) is 14.4. The topological polar surface area (TPSA) is 15.3 Å². The molecule has 2 heteroatoms. The zero-order chi connectivity index (χ0) is 12.7. The van der Waals surface area contributed by atoms with Crippen LogP contribution in [0.25, 0.3) is 0 Å². The van der Waals surface area contributed by atoms with Gasteiger partial charge in [-0.25, -0.2) is 0 Å². The predicted molar refractivity (Wildman–Crippen MR) is 76.4 cm³/mol. The Morgan fingerprint density at radius 3 is 2.59 bits per heavy atom. The maximum absolute atomic E-state index is 3.49. The third-order valence-corrected chi connectivity index (χ3v) is 3.89. The van der Waals surface area contributed by atoms with Crippen LogP contribution in [-0.4, -0.2) is 37.1 Å². The van der Waals surface area contributed by atoms with Crippen molar-refractivity contribution in [2.24, 2.45) is 5.41 Å². The summed E-state index contributed by atoms with van der Waals surface area (Å²) in [5.74, 6) is 0. The Kier molecular flexibility index (Phi) is 6.50. The van der Waals surface area contributed by atoms with Gasteiger partial charge in [0.15, 0.2) is 0 Å². The maximum atomic E-state index is 3.49. The summed E-state index contributed by atoms with van der Waals surface area (Å²) in [6.07, 6.45) is 6.82. The predicted octanol–water partition coefficient (Wildman–Crippen LogP) is 3.28. The first-order chi connectivity index (χ1) is 7.99. The van der Waals surface area contributed by atoms with Gasteiger partial charge in [0, 0.05) is 6.04 Å². The summed E-state index contributed by atoms with van der Waals surface area (Å²) in [5.41, 5.74) is 0.577. The third kappa shape index (κ3) is 7.05. The Labute approximate surface area is 108 Å². The van der Waals surface area contributed by atoms with Crippen molar-refractivity contribution in [3.05, 3.63) is 0 Å². The zero-order valence-corrected chi connectivity index (χ0v) is 12.4. The van der Waals surface area contributed by atoms with Crippen molar-refractivity contribution in [3.63, 3.8) is 0 Å². The normalized spacial score (nSPS) is 21.7. The van der Waals surface area contributed by atoms with Crippen molar-refractivity contribution in [2.75, 3.05) is 26.2 Å². The van der Waals surface area contributed by atoms with Crippen LogP contribution in [0.2, 0.25) is 0 Å². The lowest BCUT2D eigenvalue weighted by molar-refractivity contribution is 0.257. The summed E-state index contributed by atoms with van der Waals surface area (Å²) in [7, 11) is 0. The molecule has 1 rings (SSSR count). The lowest BCUT2D eigenvalue weighted by atomic mass is 9.85. The third-order valence-electron chi connectivity index (χ3n) is 3.89. The summed E-state index contributed by atoms with van der Waals surface area (Å²) in [4.78, 5) is 2.67. The number of unbranched alkanes of at least 4 members (excludes halogenated alkanes) is 1. The van der Waals surface area contributed by atoms with Crippen LogP contribution in [-0.2, 0) is 0 Å². The molecule has 1 aliphatic rings. The number of nitrogens with zero attached hydrogens (tertiary/aromatic N) is 1. The second kappa shape index (κ2) is 7.38. The minimum Gasteiger partial charge on any atom is -0.315 e. The molecule has 17 heavy (non-hydrogen) atoms. The quantitative estimate of drug-likeness (QED) is 0.717. The largest absolute Gasteiger partial charge is 0.315 e. The second-order valence-electron chi connectivity index (χ2n) is 6.68. The number of nitrogens with one attached hydrogen (secondary N) is 1. The van der Waals surface area contributed by atoms with Gasteiger partial charge in [0.2, 0.25) is 0 Å². The van der Waals surface area contributed by atoms with Crippen molar-refractivity contribution in [1.29, 1.82) is 0 Å². The Balaban J connectivity index is 2.07. The molecule has 102 valence electrons. The van der Waals surface area contributed by atoms with Crippen LogP contribution in [0.1, 0.15) is 59.8 Å². The molecule has 1 N–H and O–H groups in total. The van der Waals surface area contributed by atoms with Gasteiger partial charge in [-0.05, 0) is 63.7 Å². The summed E-state index contributed by atoms with van der Waals surface area (Å²) in [6, 6.07) is 0.633. The van der Waals surface area contributed by atoms with Crippen molar-refractivity contribution in [3.8, 4) is 0 Å². The maximum Gasteiger partial charge on any atom is 0.00103 e. The van der Waals surface area contributed by atoms with E-state index in [0.717, 1.165) is 0 Å². The van der Waals surface area contributed by atoms with Crippen molar-refractivity contribution < 1.29 is 0 Å². The molecule has 0 aliphatic carbocycles. The Morgan fingerprint density at radius 2 is 1.88 bits per heavy atom. The van der Waals surface area contributed by atoms with E-state index in [1.807, 2.05) is 0 Å². The van der Waals surface area contributed by atoms with Gasteiger partial charge in [-0.2, -0.15) is 0 Å². The van der Waals surface area contributed by atoms with Crippen LogP contribution in [0.5, 0.6) is 0 Å². The molecule has 0 aromatic heterocycles. The van der Waals surface area contributed by atoms with E-state index in [2.05, 4.69) is 37.9 Å². The highest BCUT2D eigenvalue weighted by atomic mass is 15.1. The van der Waals surface area contributed by atoms with Gasteiger partial charge in [0.25, 0.3) is 0 Å². The van der Waals surface area contributed by atoms with Crippen LogP contribution in [0.3, 0.4) is 0 Å². The Morgan fingerprint density at radius 1 is 1.12 bits per heavy atom. The molecule has 0 amide bonds. The molecular formula is C15H32N2. The first-order valence-electron chi connectivity index (χ1n) is 7.45. The fourth-order valence-electron chi connectivity index (χ4n) is 2.55. The zero-order valence-electron chi connectivity index (χ0n) is 12.4. The van der Waals surface area contributed by atoms with Gasteiger partial charge in [-0.3, -0.25) is 0 Å². The van der Waals surface area contributed by atoms with E-state index < -0.39 is 0 Å². The summed E-state index contributed by atoms with van der Waals surface area (Å²) < 4.78 is 0. The fraction of sp³-hybridized carbons (Fsp3) is 1.00. The molecule has 1 aliphatic heterocycles. The molecule has 0 bridgehead atoms. The molecule has 2 nitrogen and oxygen atoms in total. The number of hydrogen-bond acceptors (Lipinski definition) is 2. The number of likely N-dealkylation sites (tertiary alicyclic amines) is 1. The van der Waals surface area contributed by atoms with E-state index in [0.29, 0.717) is 11.5 Å². The van der Waals surface area contributed by atoms with Crippen molar-refractivity contribution >= 4 is 0 Å². The minimum absolute atomic E-state index is 0.577. The second-order valence-corrected chi connectivity index (χ2v) is 6.68. The van der Waals surface area contributed by atoms with Crippen LogP contribution < -0.4 is 5.32 Å². The highest BCUT2D eigenvalue weighted by molar-refractivity contribution is 4.76. The molecule has 0 saturated carbocycles. The molecule has 0 aromatic rings. The lowest BCUT2D eigenvalue weighted by Gasteiger charge is -2.23. The Bertz CT molecular complexity index is 199. The highest BCUT2D eigenvalue weighted by Crippen LogP contribution is 2.29. The fourth-order valence-corrected chi connectivity index (χ4v) is 2.55. The molecule has 1 heterocycles. The van der Waals surface area contributed by atoms with E-state index >= 15 is 0 Å². The van der Waals surface area contributed by atoms with Gasteiger partial charge in [-0.15, -0.1) is 0 Å². The van der Waals surface area contributed by atoms with E-state index in [4.69, 9.17) is 0 Å². The first kappa shape index (κ1) is 15.0. The molecule has 0 radical (unpaired) electrons. The molecule has 0 atom stereocenters. The molecule has 0 spiro atoms. The minimum atomic E-state index is 0.577. The van der Waals surface area contributed by atoms with Gasteiger partial charge in [0.05, 0.1) is 0 Å². The smallest absolute Gasteiger partial charge is 0.00103 e. The van der Waals surface area contributed by atoms with Gasteiger partial charge >= 0.3 is 0 Å². The Hall–Kier alpha value is -0.0800. The standard InChI is InChI=1S/C15H32N2/c1-14(2)16-10-5-6-11-17-12-7-8-15(3,4)9-13-17/h14,16H,5-13H2,1-4H3. The first-order valence-corrected chi connectivity index (χ1v) is 7.45. The molecule has 0 aromatic carbocycles. The average Bonchev–Trinajstić information content (AvgIpc) is 2.39. The van der Waals surface area contributed by atoms with E-state index in [1.165, 1.54) is 58.3 Å². The molecular weight excluding hydrogens is 208 g/mol. The van der Waals surface area contributed by atoms with Crippen LogP contribution in [0.15, 0.2) is 0 Å². The van der Waals surface area contributed by atoms with Crippen molar-refractivity contribution in [1.82, 2.24) is 10.2 Å². The molecule has 0 unspecified atom stereocenters. The van der Waals surface area contributed by atoms with Crippen molar-refractivity contribution in [2.45, 2.75) is 65.8 Å². The van der Waals surface area contributed by atoms with E-state index in [1.54, 1.807) is 0 Å². The SMILES string of the molecule is CC(C)NCCCCN1CCCC(C)(C)CC1. The molecule has 1 saturated heterocycles. The monoisotopic (exact) mass is 240 g/mol. The number of rotatable bonds is 6. The van der Waals surface area contributed by atoms with Crippen LogP contribution in [0.4, 0.5) is 0 Å². The highest BCUT2D eigenvalue weighted by Gasteiger charge is 2.22. The van der Waals surface area contributed by atoms with Crippen LogP contribution in [0, 0.1) is 5.41 Å². The molecule has 1 fully saturated rings. The lowest BCUT2D eigenvalue weighted by Crippen LogP contribution is -2.28. The van der Waals surface area contributed by atoms with E-state index in [9.17, 15) is 0 Å². The average molecular weight is 240 g/mol. The van der Waals surface area contributed by atoms with E-state index in [-0.39, 0.29) is 0 Å². The van der Waals surface area contributed by atoms with Crippen LogP contribution >= 0.6 is 0 Å². The summed E-state index contributed by atoms with van der Waals surface area (Å²) >= 11 is 0. The van der Waals surface area contributed by atoms with Gasteiger partial charge in [-0.1, -0.05) is 27.7 Å². The van der Waals surface area contributed by atoms with Gasteiger partial charge in [0.1, 0.15) is 0 Å². The van der Waals surface area contributed by atoms with Gasteiger partial charge < -0.3 is 10.2 Å². The number of hydrogen-bond donors (Lipinski definition) is 1. The summed E-state index contributed by atoms with van der Waals surface area (Å²) in [5, 5.41) is 3.49.